The van der Waals surface area contributed by atoms with Gasteiger partial charge < -0.3 is 31.2 Å². The van der Waals surface area contributed by atoms with Crippen molar-refractivity contribution >= 4 is 23.0 Å². The van der Waals surface area contributed by atoms with Gasteiger partial charge in [-0.15, -0.1) is 10.2 Å². The van der Waals surface area contributed by atoms with Crippen LogP contribution in [0.4, 0.5) is 11.4 Å². The van der Waals surface area contributed by atoms with Crippen LogP contribution in [-0.2, 0) is 4.74 Å². The van der Waals surface area contributed by atoms with Gasteiger partial charge in [-0.3, -0.25) is 9.36 Å². The van der Waals surface area contributed by atoms with Crippen molar-refractivity contribution in [2.24, 2.45) is 5.92 Å². The molecule has 1 aliphatic heterocycles. The zero-order chi connectivity index (χ0) is 27.7. The maximum atomic E-state index is 13.1. The topological polar surface area (TPSA) is 142 Å². The molecular weight excluding hydrogens is 482 g/mol. The van der Waals surface area contributed by atoms with Crippen molar-refractivity contribution in [3.63, 3.8) is 0 Å². The number of nitrogens with zero attached hydrogens (tertiary/aromatic N) is 4. The molecule has 2 unspecified atom stereocenters. The molecule has 202 valence electrons. The Labute approximate surface area is 223 Å². The lowest BCUT2D eigenvalue weighted by molar-refractivity contribution is -0.00521. The number of nitrogens with two attached hydrogens (primary N) is 1. The SMILES string of the molecule is CC(C)NC(=O)c1nnc(-c2cc(C(=N)C(C)C)c(N)cc2O)n1-c1ccc(N2CC(C)OC(C)C2)cc1. The third kappa shape index (κ3) is 5.50. The van der Waals surface area contributed by atoms with Crippen molar-refractivity contribution in [1.82, 2.24) is 20.1 Å². The molecular formula is C28H37N7O3. The number of phenols is 1. The maximum absolute atomic E-state index is 13.1. The Morgan fingerprint density at radius 1 is 1.08 bits per heavy atom. The van der Waals surface area contributed by atoms with E-state index in [4.69, 9.17) is 15.9 Å². The maximum Gasteiger partial charge on any atom is 0.289 e. The highest BCUT2D eigenvalue weighted by Crippen LogP contribution is 2.35. The van der Waals surface area contributed by atoms with Gasteiger partial charge >= 0.3 is 0 Å². The molecule has 1 aliphatic rings. The first kappa shape index (κ1) is 27.1. The summed E-state index contributed by atoms with van der Waals surface area (Å²) in [7, 11) is 0. The fourth-order valence-electron chi connectivity index (χ4n) is 4.71. The monoisotopic (exact) mass is 519 g/mol. The lowest BCUT2D eigenvalue weighted by Crippen LogP contribution is -2.45. The number of carbonyl (C=O) groups excluding carboxylic acids is 1. The Bertz CT molecular complexity index is 1320. The van der Waals surface area contributed by atoms with E-state index in [-0.39, 0.29) is 47.5 Å². The van der Waals surface area contributed by atoms with Crippen molar-refractivity contribution in [1.29, 1.82) is 5.41 Å². The predicted molar refractivity (Wildman–Crippen MR) is 149 cm³/mol. The number of morpholine rings is 1. The van der Waals surface area contributed by atoms with Gasteiger partial charge in [0, 0.05) is 53.5 Å². The number of carbonyl (C=O) groups is 1. The van der Waals surface area contributed by atoms with Gasteiger partial charge in [0.2, 0.25) is 5.82 Å². The molecule has 1 amide bonds. The summed E-state index contributed by atoms with van der Waals surface area (Å²) < 4.78 is 7.49. The van der Waals surface area contributed by atoms with Gasteiger partial charge in [0.15, 0.2) is 5.82 Å². The van der Waals surface area contributed by atoms with Crippen LogP contribution in [-0.4, -0.2) is 62.8 Å². The van der Waals surface area contributed by atoms with Crippen LogP contribution in [0.15, 0.2) is 36.4 Å². The van der Waals surface area contributed by atoms with E-state index in [1.165, 1.54) is 6.07 Å². The number of nitrogens with one attached hydrogen (secondary N) is 2. The van der Waals surface area contributed by atoms with Gasteiger partial charge in [-0.25, -0.2) is 0 Å². The second-order valence-electron chi connectivity index (χ2n) is 10.5. The Balaban J connectivity index is 1.83. The lowest BCUT2D eigenvalue weighted by atomic mass is 9.96. The third-order valence-electron chi connectivity index (χ3n) is 6.45. The van der Waals surface area contributed by atoms with Crippen LogP contribution >= 0.6 is 0 Å². The minimum atomic E-state index is -0.385. The molecule has 0 spiro atoms. The minimum Gasteiger partial charge on any atom is -0.507 e. The number of aromatic hydroxyl groups is 1. The number of ether oxygens (including phenoxy) is 1. The first-order chi connectivity index (χ1) is 18.0. The third-order valence-corrected chi connectivity index (χ3v) is 6.45. The summed E-state index contributed by atoms with van der Waals surface area (Å²) in [6.07, 6.45) is 0.253. The van der Waals surface area contributed by atoms with Gasteiger partial charge in [-0.1, -0.05) is 13.8 Å². The Hall–Kier alpha value is -3.92. The molecule has 1 fully saturated rings. The summed E-state index contributed by atoms with van der Waals surface area (Å²) >= 11 is 0. The zero-order valence-corrected chi connectivity index (χ0v) is 22.8. The molecule has 1 aromatic heterocycles. The molecule has 0 aliphatic carbocycles. The molecule has 0 saturated carbocycles. The molecule has 10 heteroatoms. The van der Waals surface area contributed by atoms with Crippen LogP contribution in [0.5, 0.6) is 5.75 Å². The smallest absolute Gasteiger partial charge is 0.289 e. The van der Waals surface area contributed by atoms with Gasteiger partial charge in [0.05, 0.1) is 17.8 Å². The number of phenolic OH excluding ortho intramolecular Hbond substituents is 1. The van der Waals surface area contributed by atoms with Crippen LogP contribution in [0.1, 0.15) is 57.7 Å². The van der Waals surface area contributed by atoms with Crippen LogP contribution in [0, 0.1) is 11.3 Å². The van der Waals surface area contributed by atoms with Crippen molar-refractivity contribution < 1.29 is 14.6 Å². The highest BCUT2D eigenvalue weighted by Gasteiger charge is 2.26. The lowest BCUT2D eigenvalue weighted by Gasteiger charge is -2.36. The van der Waals surface area contributed by atoms with E-state index in [9.17, 15) is 9.90 Å². The molecule has 0 bridgehead atoms. The summed E-state index contributed by atoms with van der Waals surface area (Å²) in [6.45, 7) is 13.2. The number of rotatable bonds is 7. The number of anilines is 2. The van der Waals surface area contributed by atoms with E-state index in [1.807, 2.05) is 52.0 Å². The molecule has 5 N–H and O–H groups in total. The zero-order valence-electron chi connectivity index (χ0n) is 22.8. The Morgan fingerprint density at radius 2 is 1.68 bits per heavy atom. The van der Waals surface area contributed by atoms with Crippen molar-refractivity contribution in [2.75, 3.05) is 23.7 Å². The van der Waals surface area contributed by atoms with E-state index in [0.717, 1.165) is 18.8 Å². The van der Waals surface area contributed by atoms with Crippen molar-refractivity contribution in [3.05, 3.63) is 47.8 Å². The van der Waals surface area contributed by atoms with E-state index in [2.05, 4.69) is 34.3 Å². The van der Waals surface area contributed by atoms with E-state index in [0.29, 0.717) is 28.2 Å². The molecule has 2 aromatic carbocycles. The van der Waals surface area contributed by atoms with E-state index in [1.54, 1.807) is 10.6 Å². The molecule has 3 aromatic rings. The summed E-state index contributed by atoms with van der Waals surface area (Å²) in [5.74, 6) is -0.204. The number of nitrogen functional groups attached to an aromatic ring is 1. The summed E-state index contributed by atoms with van der Waals surface area (Å²) in [6, 6.07) is 10.8. The molecule has 1 saturated heterocycles. The van der Waals surface area contributed by atoms with Gasteiger partial charge in [0.25, 0.3) is 5.91 Å². The number of aromatic nitrogens is 3. The molecule has 10 nitrogen and oxygen atoms in total. The number of benzene rings is 2. The summed E-state index contributed by atoms with van der Waals surface area (Å²) in [5.41, 5.74) is 9.32. The molecule has 2 heterocycles. The number of amides is 1. The Kier molecular flexibility index (Phi) is 7.73. The van der Waals surface area contributed by atoms with E-state index < -0.39 is 0 Å². The van der Waals surface area contributed by atoms with Crippen molar-refractivity contribution in [2.45, 2.75) is 59.8 Å². The Morgan fingerprint density at radius 3 is 2.26 bits per heavy atom. The first-order valence-electron chi connectivity index (χ1n) is 12.9. The molecule has 4 rings (SSSR count). The van der Waals surface area contributed by atoms with E-state index >= 15 is 0 Å². The minimum absolute atomic E-state index is 0.0712. The van der Waals surface area contributed by atoms with Crippen LogP contribution in [0.2, 0.25) is 0 Å². The van der Waals surface area contributed by atoms with Gasteiger partial charge in [0.1, 0.15) is 5.75 Å². The van der Waals surface area contributed by atoms with Crippen molar-refractivity contribution in [3.8, 4) is 22.8 Å². The molecule has 2 atom stereocenters. The largest absolute Gasteiger partial charge is 0.507 e. The second kappa shape index (κ2) is 10.8. The average Bonchev–Trinajstić information content (AvgIpc) is 3.28. The normalized spacial score (nSPS) is 17.7. The molecule has 38 heavy (non-hydrogen) atoms. The van der Waals surface area contributed by atoms with Crippen LogP contribution in [0.3, 0.4) is 0 Å². The summed E-state index contributed by atoms with van der Waals surface area (Å²) in [4.78, 5) is 15.4. The fourth-order valence-corrected chi connectivity index (χ4v) is 4.71. The standard InChI is InChI=1S/C28H37N7O3/c1-15(2)25(30)21-11-22(24(36)12-23(21)29)26-32-33-27(28(37)31-16(3)4)35(26)20-9-7-19(8-10-20)34-13-17(5)38-18(6)14-34/h7-12,15-18,30,36H,13-14,29H2,1-6H3,(H,31,37). The van der Waals surface area contributed by atoms with Gasteiger partial charge in [-0.05, 0) is 63.9 Å². The quantitative estimate of drug-likeness (QED) is 0.273. The van der Waals surface area contributed by atoms with Crippen LogP contribution in [0.25, 0.3) is 17.1 Å². The predicted octanol–water partition coefficient (Wildman–Crippen LogP) is 4.00. The summed E-state index contributed by atoms with van der Waals surface area (Å²) in [5, 5.41) is 30.7. The van der Waals surface area contributed by atoms with Gasteiger partial charge in [-0.2, -0.15) is 0 Å². The average molecular weight is 520 g/mol. The highest BCUT2D eigenvalue weighted by molar-refractivity contribution is 6.05. The number of hydrogen-bond acceptors (Lipinski definition) is 8. The highest BCUT2D eigenvalue weighted by atomic mass is 16.5. The van der Waals surface area contributed by atoms with Crippen LogP contribution < -0.4 is 16.0 Å². The number of hydrogen-bond donors (Lipinski definition) is 4. The molecule has 0 radical (unpaired) electrons. The second-order valence-corrected chi connectivity index (χ2v) is 10.5. The fraction of sp³-hybridized carbons (Fsp3) is 0.429. The first-order valence-corrected chi connectivity index (χ1v) is 12.9.